The molecule has 0 saturated heterocycles. The Kier molecular flexibility index (Phi) is 4.46. The standard InChI is InChI=1S/C16H15NO3/c1-18-15-8-5-13(9-16(15)19-2)11-20-14-6-3-12(10-17)4-7-14/h3-9H,11H2,1-2H3. The van der Waals surface area contributed by atoms with Crippen molar-refractivity contribution >= 4 is 0 Å². The molecule has 0 aliphatic rings. The SMILES string of the molecule is COc1ccc(COc2ccc(C#N)cc2)cc1OC. The van der Waals surface area contributed by atoms with Gasteiger partial charge in [0.1, 0.15) is 12.4 Å². The average molecular weight is 269 g/mol. The third-order valence-corrected chi connectivity index (χ3v) is 2.84. The fraction of sp³-hybridized carbons (Fsp3) is 0.188. The van der Waals surface area contributed by atoms with Crippen molar-refractivity contribution in [3.05, 3.63) is 53.6 Å². The van der Waals surface area contributed by atoms with Crippen LogP contribution in [0.4, 0.5) is 0 Å². The van der Waals surface area contributed by atoms with E-state index in [9.17, 15) is 0 Å². The van der Waals surface area contributed by atoms with E-state index in [1.54, 1.807) is 38.5 Å². The zero-order chi connectivity index (χ0) is 14.4. The number of hydrogen-bond donors (Lipinski definition) is 0. The summed E-state index contributed by atoms with van der Waals surface area (Å²) in [5.74, 6) is 2.09. The third kappa shape index (κ3) is 3.21. The molecule has 0 aliphatic carbocycles. The van der Waals surface area contributed by atoms with Crippen LogP contribution < -0.4 is 14.2 Å². The van der Waals surface area contributed by atoms with Gasteiger partial charge in [-0.25, -0.2) is 0 Å². The Labute approximate surface area is 118 Å². The lowest BCUT2D eigenvalue weighted by molar-refractivity contribution is 0.304. The molecule has 0 aliphatic heterocycles. The normalized spacial score (nSPS) is 9.65. The second-order valence-electron chi connectivity index (χ2n) is 4.11. The molecule has 0 amide bonds. The number of rotatable bonds is 5. The predicted molar refractivity (Wildman–Crippen MR) is 75.0 cm³/mol. The smallest absolute Gasteiger partial charge is 0.161 e. The molecule has 0 fully saturated rings. The van der Waals surface area contributed by atoms with Crippen LogP contribution >= 0.6 is 0 Å². The molecule has 4 nitrogen and oxygen atoms in total. The molecule has 2 aromatic carbocycles. The van der Waals surface area contributed by atoms with Crippen LogP contribution in [0.15, 0.2) is 42.5 Å². The molecule has 0 heterocycles. The number of benzene rings is 2. The van der Waals surface area contributed by atoms with Crippen molar-refractivity contribution in [2.24, 2.45) is 0 Å². The molecule has 0 radical (unpaired) electrons. The highest BCUT2D eigenvalue weighted by Crippen LogP contribution is 2.28. The van der Waals surface area contributed by atoms with Crippen LogP contribution in [0.1, 0.15) is 11.1 Å². The Morgan fingerprint density at radius 1 is 0.950 bits per heavy atom. The summed E-state index contributed by atoms with van der Waals surface area (Å²) in [6.45, 7) is 0.423. The number of nitrogens with zero attached hydrogens (tertiary/aromatic N) is 1. The first-order chi connectivity index (χ1) is 9.76. The van der Waals surface area contributed by atoms with Crippen LogP contribution in [0.2, 0.25) is 0 Å². The largest absolute Gasteiger partial charge is 0.493 e. The van der Waals surface area contributed by atoms with E-state index in [0.29, 0.717) is 23.7 Å². The van der Waals surface area contributed by atoms with Crippen molar-refractivity contribution in [3.8, 4) is 23.3 Å². The van der Waals surface area contributed by atoms with E-state index >= 15 is 0 Å². The molecule has 0 spiro atoms. The maximum absolute atomic E-state index is 8.73. The van der Waals surface area contributed by atoms with Crippen LogP contribution in [-0.2, 0) is 6.61 Å². The van der Waals surface area contributed by atoms with Gasteiger partial charge in [-0.2, -0.15) is 5.26 Å². The van der Waals surface area contributed by atoms with Gasteiger partial charge in [-0.3, -0.25) is 0 Å². The predicted octanol–water partition coefficient (Wildman–Crippen LogP) is 3.15. The monoisotopic (exact) mass is 269 g/mol. The summed E-state index contributed by atoms with van der Waals surface area (Å²) in [5.41, 5.74) is 1.59. The van der Waals surface area contributed by atoms with E-state index in [4.69, 9.17) is 19.5 Å². The van der Waals surface area contributed by atoms with Crippen molar-refractivity contribution in [1.29, 1.82) is 5.26 Å². The highest BCUT2D eigenvalue weighted by molar-refractivity contribution is 5.43. The minimum atomic E-state index is 0.423. The molecule has 0 N–H and O–H groups in total. The maximum Gasteiger partial charge on any atom is 0.161 e. The summed E-state index contributed by atoms with van der Waals surface area (Å²) in [6.07, 6.45) is 0. The first-order valence-electron chi connectivity index (χ1n) is 6.10. The second-order valence-corrected chi connectivity index (χ2v) is 4.11. The molecule has 0 unspecified atom stereocenters. The fourth-order valence-corrected chi connectivity index (χ4v) is 1.76. The first-order valence-corrected chi connectivity index (χ1v) is 6.10. The Morgan fingerprint density at radius 2 is 1.65 bits per heavy atom. The van der Waals surface area contributed by atoms with Gasteiger partial charge in [0, 0.05) is 0 Å². The second kappa shape index (κ2) is 6.48. The van der Waals surface area contributed by atoms with Gasteiger partial charge in [0.15, 0.2) is 11.5 Å². The molecule has 0 saturated carbocycles. The molecule has 20 heavy (non-hydrogen) atoms. The minimum absolute atomic E-state index is 0.423. The number of methoxy groups -OCH3 is 2. The lowest BCUT2D eigenvalue weighted by atomic mass is 10.2. The summed E-state index contributed by atoms with van der Waals surface area (Å²) in [5, 5.41) is 8.73. The van der Waals surface area contributed by atoms with Gasteiger partial charge < -0.3 is 14.2 Å². The number of hydrogen-bond acceptors (Lipinski definition) is 4. The van der Waals surface area contributed by atoms with Gasteiger partial charge in [-0.05, 0) is 42.0 Å². The van der Waals surface area contributed by atoms with Crippen LogP contribution in [0.5, 0.6) is 17.2 Å². The zero-order valence-corrected chi connectivity index (χ0v) is 11.4. The molecule has 102 valence electrons. The Bertz CT molecular complexity index is 615. The van der Waals surface area contributed by atoms with Gasteiger partial charge in [0.2, 0.25) is 0 Å². The highest BCUT2D eigenvalue weighted by Gasteiger charge is 2.05. The summed E-state index contributed by atoms with van der Waals surface area (Å²) in [6, 6.07) is 14.7. The van der Waals surface area contributed by atoms with E-state index in [-0.39, 0.29) is 0 Å². The van der Waals surface area contributed by atoms with E-state index in [2.05, 4.69) is 6.07 Å². The van der Waals surface area contributed by atoms with E-state index in [1.165, 1.54) is 0 Å². The molecule has 2 aromatic rings. The van der Waals surface area contributed by atoms with Gasteiger partial charge in [0.25, 0.3) is 0 Å². The first kappa shape index (κ1) is 13.8. The molecule has 2 rings (SSSR count). The molecule has 0 bridgehead atoms. The van der Waals surface area contributed by atoms with E-state index < -0.39 is 0 Å². The van der Waals surface area contributed by atoms with E-state index in [0.717, 1.165) is 11.3 Å². The van der Waals surface area contributed by atoms with Crippen molar-refractivity contribution in [1.82, 2.24) is 0 Å². The Hall–Kier alpha value is -2.67. The third-order valence-electron chi connectivity index (χ3n) is 2.84. The van der Waals surface area contributed by atoms with Crippen LogP contribution in [-0.4, -0.2) is 14.2 Å². The molecule has 0 aromatic heterocycles. The fourth-order valence-electron chi connectivity index (χ4n) is 1.76. The molecular formula is C16H15NO3. The van der Waals surface area contributed by atoms with Gasteiger partial charge in [-0.1, -0.05) is 6.07 Å². The van der Waals surface area contributed by atoms with Crippen molar-refractivity contribution in [3.63, 3.8) is 0 Å². The summed E-state index contributed by atoms with van der Waals surface area (Å²) in [4.78, 5) is 0. The number of ether oxygens (including phenoxy) is 3. The van der Waals surface area contributed by atoms with E-state index in [1.807, 2.05) is 18.2 Å². The Morgan fingerprint density at radius 3 is 2.25 bits per heavy atom. The van der Waals surface area contributed by atoms with Gasteiger partial charge >= 0.3 is 0 Å². The van der Waals surface area contributed by atoms with Gasteiger partial charge in [0.05, 0.1) is 25.9 Å². The van der Waals surface area contributed by atoms with Crippen LogP contribution in [0.25, 0.3) is 0 Å². The van der Waals surface area contributed by atoms with Gasteiger partial charge in [-0.15, -0.1) is 0 Å². The van der Waals surface area contributed by atoms with Crippen molar-refractivity contribution in [2.45, 2.75) is 6.61 Å². The summed E-state index contributed by atoms with van der Waals surface area (Å²) < 4.78 is 16.1. The zero-order valence-electron chi connectivity index (χ0n) is 11.4. The highest BCUT2D eigenvalue weighted by atomic mass is 16.5. The molecule has 4 heteroatoms. The summed E-state index contributed by atoms with van der Waals surface area (Å²) >= 11 is 0. The van der Waals surface area contributed by atoms with Crippen molar-refractivity contribution < 1.29 is 14.2 Å². The van der Waals surface area contributed by atoms with Crippen LogP contribution in [0.3, 0.4) is 0 Å². The summed E-state index contributed by atoms with van der Waals surface area (Å²) in [7, 11) is 3.20. The molecule has 0 atom stereocenters. The lowest BCUT2D eigenvalue weighted by Crippen LogP contribution is -1.97. The lowest BCUT2D eigenvalue weighted by Gasteiger charge is -2.10. The average Bonchev–Trinajstić information content (AvgIpc) is 2.53. The quantitative estimate of drug-likeness (QED) is 0.836. The Balaban J connectivity index is 2.05. The topological polar surface area (TPSA) is 51.5 Å². The van der Waals surface area contributed by atoms with Crippen molar-refractivity contribution in [2.75, 3.05) is 14.2 Å². The maximum atomic E-state index is 8.73. The molecular weight excluding hydrogens is 254 g/mol. The minimum Gasteiger partial charge on any atom is -0.493 e. The number of nitriles is 1. The van der Waals surface area contributed by atoms with Crippen LogP contribution in [0, 0.1) is 11.3 Å².